The smallest absolute Gasteiger partial charge is 0.435 e. The number of hydroxylamine groups is 2. The van der Waals surface area contributed by atoms with E-state index in [-0.39, 0.29) is 6.54 Å². The van der Waals surface area contributed by atoms with Crippen LogP contribution in [-0.2, 0) is 18.9 Å². The Bertz CT molecular complexity index is 549. The zero-order valence-corrected chi connectivity index (χ0v) is 18.1. The maximum absolute atomic E-state index is 12.1. The van der Waals surface area contributed by atoms with Gasteiger partial charge in [0.2, 0.25) is 6.29 Å². The molecule has 0 aromatic rings. The summed E-state index contributed by atoms with van der Waals surface area (Å²) in [5.41, 5.74) is -1.50. The molecular weight excluding hydrogens is 368 g/mol. The lowest BCUT2D eigenvalue weighted by molar-refractivity contribution is -0.109. The number of ether oxygens (including phenoxy) is 4. The second-order valence-electron chi connectivity index (χ2n) is 7.75. The first kappa shape index (κ1) is 26.0. The summed E-state index contributed by atoms with van der Waals surface area (Å²) in [7, 11) is 0. The molecule has 0 spiro atoms. The van der Waals surface area contributed by atoms with E-state index in [9.17, 15) is 14.8 Å². The highest BCUT2D eigenvalue weighted by molar-refractivity contribution is 5.69. The number of nitrogens with one attached hydrogen (secondary N) is 1. The van der Waals surface area contributed by atoms with Gasteiger partial charge in [0.15, 0.2) is 0 Å². The van der Waals surface area contributed by atoms with Crippen molar-refractivity contribution in [3.8, 4) is 11.8 Å². The van der Waals surface area contributed by atoms with Gasteiger partial charge >= 0.3 is 12.2 Å². The Kier molecular flexibility index (Phi) is 10.9. The van der Waals surface area contributed by atoms with Gasteiger partial charge in [-0.2, -0.15) is 5.06 Å². The quantitative estimate of drug-likeness (QED) is 0.292. The van der Waals surface area contributed by atoms with E-state index in [0.29, 0.717) is 18.3 Å². The molecule has 0 aliphatic rings. The highest BCUT2D eigenvalue weighted by Crippen LogP contribution is 2.11. The van der Waals surface area contributed by atoms with Crippen molar-refractivity contribution in [1.82, 2.24) is 10.4 Å². The van der Waals surface area contributed by atoms with Gasteiger partial charge in [0.05, 0.1) is 6.54 Å². The van der Waals surface area contributed by atoms with E-state index in [2.05, 4.69) is 17.2 Å². The standard InChI is InChI=1S/C19H34N2O7/c1-9-25-15(26-10-2)12-11-14(13-20-16(22)27-18(3,4)5)21(24)17(23)28-19(6,7)8/h14-15,24H,9-10,13H2,1-8H3,(H,20,22). The van der Waals surface area contributed by atoms with E-state index in [1.807, 2.05) is 0 Å². The molecule has 0 heterocycles. The minimum Gasteiger partial charge on any atom is -0.444 e. The summed E-state index contributed by atoms with van der Waals surface area (Å²) < 4.78 is 20.9. The van der Waals surface area contributed by atoms with Crippen LogP contribution >= 0.6 is 0 Å². The van der Waals surface area contributed by atoms with E-state index in [0.717, 1.165) is 0 Å². The summed E-state index contributed by atoms with van der Waals surface area (Å²) in [5.74, 6) is 5.38. The van der Waals surface area contributed by atoms with Gasteiger partial charge in [-0.1, -0.05) is 5.92 Å². The van der Waals surface area contributed by atoms with E-state index in [1.165, 1.54) is 0 Å². The molecule has 1 atom stereocenters. The van der Waals surface area contributed by atoms with Crippen LogP contribution < -0.4 is 5.32 Å². The number of carbonyl (C=O) groups excluding carboxylic acids is 2. The second kappa shape index (κ2) is 11.7. The average molecular weight is 402 g/mol. The van der Waals surface area contributed by atoms with Gasteiger partial charge in [-0.15, -0.1) is 0 Å². The molecule has 0 radical (unpaired) electrons. The van der Waals surface area contributed by atoms with Crippen molar-refractivity contribution in [2.45, 2.75) is 78.9 Å². The van der Waals surface area contributed by atoms with Gasteiger partial charge in [0, 0.05) is 13.2 Å². The lowest BCUT2D eigenvalue weighted by Crippen LogP contribution is -2.47. The normalized spacial score (nSPS) is 12.6. The van der Waals surface area contributed by atoms with Crippen molar-refractivity contribution < 1.29 is 33.7 Å². The lowest BCUT2D eigenvalue weighted by Gasteiger charge is -2.27. The maximum atomic E-state index is 12.1. The fourth-order valence-electron chi connectivity index (χ4n) is 1.73. The van der Waals surface area contributed by atoms with Crippen LogP contribution in [0.15, 0.2) is 0 Å². The van der Waals surface area contributed by atoms with Gasteiger partial charge in [-0.05, 0) is 61.3 Å². The first-order valence-corrected chi connectivity index (χ1v) is 9.21. The van der Waals surface area contributed by atoms with Crippen molar-refractivity contribution in [1.29, 1.82) is 0 Å². The zero-order valence-electron chi connectivity index (χ0n) is 18.1. The van der Waals surface area contributed by atoms with Crippen molar-refractivity contribution in [2.24, 2.45) is 0 Å². The van der Waals surface area contributed by atoms with Crippen molar-refractivity contribution in [3.05, 3.63) is 0 Å². The predicted octanol–water partition coefficient (Wildman–Crippen LogP) is 2.91. The monoisotopic (exact) mass is 402 g/mol. The second-order valence-corrected chi connectivity index (χ2v) is 7.75. The Balaban J connectivity index is 5.30. The lowest BCUT2D eigenvalue weighted by atomic mass is 10.2. The summed E-state index contributed by atoms with van der Waals surface area (Å²) in [6.45, 7) is 14.3. The molecule has 0 aliphatic heterocycles. The van der Waals surface area contributed by atoms with Crippen LogP contribution in [0, 0.1) is 11.8 Å². The van der Waals surface area contributed by atoms with Gasteiger partial charge in [-0.3, -0.25) is 5.21 Å². The first-order valence-electron chi connectivity index (χ1n) is 9.21. The number of carbonyl (C=O) groups is 2. The van der Waals surface area contributed by atoms with Crippen LogP contribution in [0.25, 0.3) is 0 Å². The molecule has 9 nitrogen and oxygen atoms in total. The molecule has 0 aliphatic carbocycles. The molecule has 1 unspecified atom stereocenters. The Morgan fingerprint density at radius 2 is 1.46 bits per heavy atom. The average Bonchev–Trinajstić information content (AvgIpc) is 2.51. The Hall–Kier alpha value is -2.02. The highest BCUT2D eigenvalue weighted by atomic mass is 16.7. The number of rotatable bonds is 7. The molecule has 9 heteroatoms. The van der Waals surface area contributed by atoms with Crippen LogP contribution in [0.3, 0.4) is 0 Å². The maximum Gasteiger partial charge on any atom is 0.435 e. The number of nitrogens with zero attached hydrogens (tertiary/aromatic N) is 1. The number of hydrogen-bond acceptors (Lipinski definition) is 7. The summed E-state index contributed by atoms with van der Waals surface area (Å²) in [4.78, 5) is 24.0. The van der Waals surface area contributed by atoms with Gasteiger partial charge in [-0.25, -0.2) is 9.59 Å². The Morgan fingerprint density at radius 3 is 1.89 bits per heavy atom. The molecule has 0 fully saturated rings. The summed E-state index contributed by atoms with van der Waals surface area (Å²) in [5, 5.41) is 13.0. The number of alkyl carbamates (subject to hydrolysis) is 1. The third-order valence-electron chi connectivity index (χ3n) is 2.72. The Morgan fingerprint density at radius 1 is 0.964 bits per heavy atom. The largest absolute Gasteiger partial charge is 0.444 e. The van der Waals surface area contributed by atoms with Crippen LogP contribution in [0.1, 0.15) is 55.4 Å². The van der Waals surface area contributed by atoms with E-state index >= 15 is 0 Å². The van der Waals surface area contributed by atoms with Crippen LogP contribution in [-0.4, -0.2) is 65.7 Å². The highest BCUT2D eigenvalue weighted by Gasteiger charge is 2.27. The first-order chi connectivity index (χ1) is 12.8. The fourth-order valence-corrected chi connectivity index (χ4v) is 1.73. The Labute approximate surface area is 167 Å². The van der Waals surface area contributed by atoms with Crippen molar-refractivity contribution in [2.75, 3.05) is 19.8 Å². The molecule has 2 amide bonds. The SMILES string of the molecule is CCOC(C#CC(CNC(=O)OC(C)(C)C)N(O)C(=O)OC(C)(C)C)OCC. The molecule has 0 aromatic heterocycles. The molecule has 0 rings (SSSR count). The van der Waals surface area contributed by atoms with Gasteiger partial charge < -0.3 is 24.3 Å². The summed E-state index contributed by atoms with van der Waals surface area (Å²) in [6.07, 6.45) is -2.53. The predicted molar refractivity (Wildman–Crippen MR) is 103 cm³/mol. The third kappa shape index (κ3) is 12.4. The van der Waals surface area contributed by atoms with Crippen molar-refractivity contribution in [3.63, 3.8) is 0 Å². The zero-order chi connectivity index (χ0) is 22.0. The minimum atomic E-state index is -1.11. The fraction of sp³-hybridized carbons (Fsp3) is 0.789. The topological polar surface area (TPSA) is 107 Å². The van der Waals surface area contributed by atoms with Gasteiger partial charge in [0.25, 0.3) is 0 Å². The minimum absolute atomic E-state index is 0.192. The molecule has 0 aromatic carbocycles. The molecule has 28 heavy (non-hydrogen) atoms. The number of hydrogen-bond donors (Lipinski definition) is 2. The molecule has 2 N–H and O–H groups in total. The number of amides is 2. The van der Waals surface area contributed by atoms with Crippen molar-refractivity contribution >= 4 is 12.2 Å². The molecule has 0 bridgehead atoms. The summed E-state index contributed by atoms with van der Waals surface area (Å²) >= 11 is 0. The van der Waals surface area contributed by atoms with Crippen LogP contribution in [0.4, 0.5) is 9.59 Å². The molecule has 0 saturated carbocycles. The molecular formula is C19H34N2O7. The third-order valence-corrected chi connectivity index (χ3v) is 2.72. The summed E-state index contributed by atoms with van der Waals surface area (Å²) in [6, 6.07) is -1.11. The van der Waals surface area contributed by atoms with Crippen LogP contribution in [0.2, 0.25) is 0 Å². The van der Waals surface area contributed by atoms with Gasteiger partial charge in [0.1, 0.15) is 17.2 Å². The van der Waals surface area contributed by atoms with Crippen LogP contribution in [0.5, 0.6) is 0 Å². The van der Waals surface area contributed by atoms with E-state index in [4.69, 9.17) is 18.9 Å². The van der Waals surface area contributed by atoms with E-state index < -0.39 is 35.7 Å². The molecule has 162 valence electrons. The van der Waals surface area contributed by atoms with E-state index in [1.54, 1.807) is 55.4 Å². The molecule has 0 saturated heterocycles.